The van der Waals surface area contributed by atoms with E-state index in [1.807, 2.05) is 0 Å². The molecule has 0 saturated carbocycles. The normalized spacial score (nSPS) is 11.9. The number of carbonyl (C=O) groups is 1. The monoisotopic (exact) mass is 295 g/mol. The van der Waals surface area contributed by atoms with Gasteiger partial charge in [0.05, 0.1) is 12.8 Å². The van der Waals surface area contributed by atoms with Gasteiger partial charge in [-0.15, -0.1) is 0 Å². The van der Waals surface area contributed by atoms with Crippen molar-refractivity contribution < 1.29 is 14.3 Å². The molecule has 0 aliphatic heterocycles. The smallest absolute Gasteiger partial charge is 0.251 e. The predicted octanol–water partition coefficient (Wildman–Crippen LogP) is 1.83. The van der Waals surface area contributed by atoms with Crippen LogP contribution in [0.5, 0.6) is 0 Å². The molecule has 2 rings (SSSR count). The highest BCUT2D eigenvalue weighted by atomic mass is 35.5. The summed E-state index contributed by atoms with van der Waals surface area (Å²) in [4.78, 5) is 16.0. The van der Waals surface area contributed by atoms with Crippen LogP contribution in [0.25, 0.3) is 0 Å². The van der Waals surface area contributed by atoms with Crippen molar-refractivity contribution in [3.63, 3.8) is 0 Å². The molecule has 1 atom stereocenters. The summed E-state index contributed by atoms with van der Waals surface area (Å²) < 4.78 is 5.05. The summed E-state index contributed by atoms with van der Waals surface area (Å²) in [7, 11) is 1.68. The van der Waals surface area contributed by atoms with E-state index >= 15 is 0 Å². The summed E-state index contributed by atoms with van der Waals surface area (Å²) in [6.07, 6.45) is 0.567. The third kappa shape index (κ3) is 3.49. The Morgan fingerprint density at radius 3 is 3.00 bits per heavy atom. The Balaban J connectivity index is 2.00. The number of nitrogens with zero attached hydrogens (tertiary/aromatic N) is 1. The number of aliphatic hydroxyl groups is 1. The summed E-state index contributed by atoms with van der Waals surface area (Å²) in [5.41, 5.74) is 0.362. The minimum absolute atomic E-state index is 0.0428. The Morgan fingerprint density at radius 2 is 2.35 bits per heavy atom. The lowest BCUT2D eigenvalue weighted by atomic mass is 10.2. The Kier molecular flexibility index (Phi) is 4.60. The molecule has 6 nitrogen and oxygen atoms in total. The predicted molar refractivity (Wildman–Crippen MR) is 74.8 cm³/mol. The van der Waals surface area contributed by atoms with Crippen LogP contribution >= 0.6 is 11.6 Å². The molecule has 0 spiro atoms. The highest BCUT2D eigenvalue weighted by Crippen LogP contribution is 2.15. The van der Waals surface area contributed by atoms with E-state index in [4.69, 9.17) is 16.0 Å². The molecule has 0 fully saturated rings. The molecule has 1 amide bonds. The van der Waals surface area contributed by atoms with Crippen molar-refractivity contribution in [1.82, 2.24) is 10.3 Å². The average Bonchev–Trinajstić information content (AvgIpc) is 2.97. The van der Waals surface area contributed by atoms with Gasteiger partial charge in [-0.1, -0.05) is 11.6 Å². The van der Waals surface area contributed by atoms with Gasteiger partial charge >= 0.3 is 0 Å². The second kappa shape index (κ2) is 6.40. The molecule has 0 aromatic carbocycles. The van der Waals surface area contributed by atoms with E-state index in [0.29, 0.717) is 17.1 Å². The summed E-state index contributed by atoms with van der Waals surface area (Å²) in [5.74, 6) is 0.541. The third-order valence-electron chi connectivity index (χ3n) is 2.64. The van der Waals surface area contributed by atoms with Crippen LogP contribution < -0.4 is 10.6 Å². The van der Waals surface area contributed by atoms with E-state index in [-0.39, 0.29) is 17.6 Å². The number of amides is 1. The Hall–Kier alpha value is -2.05. The number of halogens is 1. The van der Waals surface area contributed by atoms with Crippen LogP contribution in [0, 0.1) is 0 Å². The van der Waals surface area contributed by atoms with Gasteiger partial charge in [0.25, 0.3) is 5.91 Å². The number of aromatic nitrogens is 1. The largest absolute Gasteiger partial charge is 0.467 e. The van der Waals surface area contributed by atoms with Crippen molar-refractivity contribution in [2.75, 3.05) is 18.9 Å². The molecule has 0 aliphatic rings. The van der Waals surface area contributed by atoms with Gasteiger partial charge < -0.3 is 20.2 Å². The number of carbonyl (C=O) groups excluding carboxylic acids is 1. The topological polar surface area (TPSA) is 87.4 Å². The maximum atomic E-state index is 12.0. The average molecular weight is 296 g/mol. The zero-order valence-corrected chi connectivity index (χ0v) is 11.5. The Labute approximate surface area is 120 Å². The van der Waals surface area contributed by atoms with Gasteiger partial charge in [0.1, 0.15) is 22.8 Å². The summed E-state index contributed by atoms with van der Waals surface area (Å²) in [6, 6.07) is 6.33. The number of hydrogen-bond acceptors (Lipinski definition) is 5. The highest BCUT2D eigenvalue weighted by Gasteiger charge is 2.14. The number of pyridine rings is 1. The fourth-order valence-electron chi connectivity index (χ4n) is 1.63. The Bertz CT molecular complexity index is 587. The van der Waals surface area contributed by atoms with Crippen LogP contribution in [0.4, 0.5) is 5.82 Å². The zero-order valence-electron chi connectivity index (χ0n) is 10.8. The van der Waals surface area contributed by atoms with Crippen molar-refractivity contribution >= 4 is 23.3 Å². The van der Waals surface area contributed by atoms with Gasteiger partial charge in [-0.3, -0.25) is 4.79 Å². The lowest BCUT2D eigenvalue weighted by Crippen LogP contribution is -2.28. The first-order valence-corrected chi connectivity index (χ1v) is 6.33. The van der Waals surface area contributed by atoms with Crippen molar-refractivity contribution in [2.45, 2.75) is 6.10 Å². The van der Waals surface area contributed by atoms with Crippen molar-refractivity contribution in [3.05, 3.63) is 47.0 Å². The second-order valence-corrected chi connectivity index (χ2v) is 4.44. The highest BCUT2D eigenvalue weighted by molar-refractivity contribution is 6.29. The van der Waals surface area contributed by atoms with Gasteiger partial charge in [-0.05, 0) is 24.3 Å². The van der Waals surface area contributed by atoms with Crippen molar-refractivity contribution in [3.8, 4) is 0 Å². The summed E-state index contributed by atoms with van der Waals surface area (Å²) >= 11 is 5.82. The summed E-state index contributed by atoms with van der Waals surface area (Å²) in [5, 5.41) is 15.4. The molecule has 7 heteroatoms. The molecule has 3 N–H and O–H groups in total. The van der Waals surface area contributed by atoms with Crippen LogP contribution in [0.15, 0.2) is 34.9 Å². The molecule has 0 aliphatic carbocycles. The molecular formula is C13H14ClN3O3. The molecule has 2 heterocycles. The fraction of sp³-hybridized carbons (Fsp3) is 0.231. The van der Waals surface area contributed by atoms with Gasteiger partial charge in [0, 0.05) is 12.6 Å². The van der Waals surface area contributed by atoms with Crippen molar-refractivity contribution in [2.24, 2.45) is 0 Å². The standard InChI is InChI=1S/C13H14ClN3O3/c1-15-12-6-8(5-11(14)17-12)13(19)16-7-9(18)10-3-2-4-20-10/h2-6,9,18H,7H2,1H3,(H,15,17)(H,16,19). The van der Waals surface area contributed by atoms with Gasteiger partial charge in [-0.25, -0.2) is 4.98 Å². The van der Waals surface area contributed by atoms with E-state index in [9.17, 15) is 9.90 Å². The number of rotatable bonds is 5. The minimum Gasteiger partial charge on any atom is -0.467 e. The third-order valence-corrected chi connectivity index (χ3v) is 2.83. The van der Waals surface area contributed by atoms with E-state index < -0.39 is 6.10 Å². The second-order valence-electron chi connectivity index (χ2n) is 4.06. The van der Waals surface area contributed by atoms with Crippen molar-refractivity contribution in [1.29, 1.82) is 0 Å². The van der Waals surface area contributed by atoms with Crippen LogP contribution in [0.1, 0.15) is 22.2 Å². The van der Waals surface area contributed by atoms with Gasteiger partial charge in [0.15, 0.2) is 0 Å². The number of aliphatic hydroxyl groups excluding tert-OH is 1. The maximum absolute atomic E-state index is 12.0. The first-order chi connectivity index (χ1) is 9.60. The molecule has 0 bridgehead atoms. The van der Waals surface area contributed by atoms with Gasteiger partial charge in [0.2, 0.25) is 0 Å². The molecule has 1 unspecified atom stereocenters. The SMILES string of the molecule is CNc1cc(C(=O)NCC(O)c2ccco2)cc(Cl)n1. The van der Waals surface area contributed by atoms with Crippen LogP contribution in [-0.4, -0.2) is 29.6 Å². The molecule has 106 valence electrons. The molecule has 0 radical (unpaired) electrons. The van der Waals surface area contributed by atoms with E-state index in [1.165, 1.54) is 12.3 Å². The lowest BCUT2D eigenvalue weighted by molar-refractivity contribution is 0.0901. The Morgan fingerprint density at radius 1 is 1.55 bits per heavy atom. The van der Waals surface area contributed by atoms with E-state index in [0.717, 1.165) is 0 Å². The molecule has 0 saturated heterocycles. The van der Waals surface area contributed by atoms with Crippen LogP contribution in [0.3, 0.4) is 0 Å². The minimum atomic E-state index is -0.893. The molecule has 20 heavy (non-hydrogen) atoms. The van der Waals surface area contributed by atoms with Crippen LogP contribution in [0.2, 0.25) is 5.15 Å². The maximum Gasteiger partial charge on any atom is 0.251 e. The number of furan rings is 1. The van der Waals surface area contributed by atoms with Crippen LogP contribution in [-0.2, 0) is 0 Å². The fourth-order valence-corrected chi connectivity index (χ4v) is 1.84. The molecule has 2 aromatic rings. The van der Waals surface area contributed by atoms with E-state index in [1.54, 1.807) is 25.2 Å². The first-order valence-electron chi connectivity index (χ1n) is 5.95. The molecular weight excluding hydrogens is 282 g/mol. The quantitative estimate of drug-likeness (QED) is 0.733. The first kappa shape index (κ1) is 14.4. The summed E-state index contributed by atoms with van der Waals surface area (Å²) in [6.45, 7) is 0.0428. The number of nitrogens with one attached hydrogen (secondary N) is 2. The lowest BCUT2D eigenvalue weighted by Gasteiger charge is -2.10. The van der Waals surface area contributed by atoms with E-state index in [2.05, 4.69) is 15.6 Å². The molecule has 2 aromatic heterocycles. The number of hydrogen-bond donors (Lipinski definition) is 3. The number of anilines is 1. The van der Waals surface area contributed by atoms with Gasteiger partial charge in [-0.2, -0.15) is 0 Å². The zero-order chi connectivity index (χ0) is 14.5.